The third-order valence-electron chi connectivity index (χ3n) is 4.15. The maximum absolute atomic E-state index is 2.74. The van der Waals surface area contributed by atoms with Crippen molar-refractivity contribution < 1.29 is 0 Å². The molecule has 0 spiro atoms. The smallest absolute Gasteiger partial charge is 0.0139 e. The van der Waals surface area contributed by atoms with Gasteiger partial charge >= 0.3 is 0 Å². The van der Waals surface area contributed by atoms with Crippen LogP contribution in [0, 0.1) is 0 Å². The average molecular weight is 275 g/mol. The summed E-state index contributed by atoms with van der Waals surface area (Å²) in [5.41, 5.74) is 3.17. The van der Waals surface area contributed by atoms with E-state index in [9.17, 15) is 0 Å². The van der Waals surface area contributed by atoms with Crippen molar-refractivity contribution in [2.24, 2.45) is 0 Å². The highest BCUT2D eigenvalue weighted by molar-refractivity contribution is 5.30. The Morgan fingerprint density at radius 2 is 1.70 bits per heavy atom. The van der Waals surface area contributed by atoms with E-state index in [1.165, 1.54) is 51.6 Å². The Labute approximate surface area is 126 Å². The van der Waals surface area contributed by atoms with Crippen LogP contribution < -0.4 is 0 Å². The topological polar surface area (TPSA) is 3.24 Å². The Hall–Kier alpha value is -0.820. The van der Waals surface area contributed by atoms with Gasteiger partial charge in [-0.15, -0.1) is 0 Å². The molecule has 0 aromatic heterocycles. The zero-order chi connectivity index (χ0) is 14.8. The van der Waals surface area contributed by atoms with Gasteiger partial charge in [-0.25, -0.2) is 0 Å². The molecule has 1 unspecified atom stereocenters. The van der Waals surface area contributed by atoms with Crippen LogP contribution in [0.1, 0.15) is 64.5 Å². The lowest BCUT2D eigenvalue weighted by atomic mass is 9.87. The Kier molecular flexibility index (Phi) is 8.60. The van der Waals surface area contributed by atoms with Crippen molar-refractivity contribution in [2.75, 3.05) is 13.1 Å². The van der Waals surface area contributed by atoms with Crippen molar-refractivity contribution in [3.63, 3.8) is 0 Å². The summed E-state index contributed by atoms with van der Waals surface area (Å²) in [6.45, 7) is 11.2. The lowest BCUT2D eigenvalue weighted by Crippen LogP contribution is -2.40. The molecule has 0 bridgehead atoms. The second-order valence-electron chi connectivity index (χ2n) is 5.55. The molecule has 1 atom stereocenters. The molecule has 20 heavy (non-hydrogen) atoms. The predicted molar refractivity (Wildman–Crippen MR) is 90.4 cm³/mol. The van der Waals surface area contributed by atoms with Crippen molar-refractivity contribution in [2.45, 2.75) is 72.3 Å². The first-order valence-electron chi connectivity index (χ1n) is 8.66. The number of nitrogens with zero attached hydrogens (tertiary/aromatic N) is 1. The quantitative estimate of drug-likeness (QED) is 0.699. The zero-order valence-corrected chi connectivity index (χ0v) is 14.0. The van der Waals surface area contributed by atoms with E-state index in [2.05, 4.69) is 43.0 Å². The summed E-state index contributed by atoms with van der Waals surface area (Å²) in [6.07, 6.45) is 7.82. The van der Waals surface area contributed by atoms with Crippen LogP contribution in [0.15, 0.2) is 24.3 Å². The molecule has 0 fully saturated rings. The molecule has 1 aliphatic carbocycles. The number of benzene rings is 1. The second-order valence-corrected chi connectivity index (χ2v) is 5.55. The van der Waals surface area contributed by atoms with E-state index in [4.69, 9.17) is 0 Å². The second kappa shape index (κ2) is 9.99. The third-order valence-corrected chi connectivity index (χ3v) is 4.15. The van der Waals surface area contributed by atoms with E-state index >= 15 is 0 Å². The Balaban J connectivity index is 0.000000956. The lowest BCUT2D eigenvalue weighted by molar-refractivity contribution is 0.177. The minimum atomic E-state index is 0.784. The molecular weight excluding hydrogens is 242 g/mol. The van der Waals surface area contributed by atoms with E-state index in [-0.39, 0.29) is 0 Å². The molecule has 0 aliphatic heterocycles. The fraction of sp³-hybridized carbons (Fsp3) is 0.684. The molecule has 0 N–H and O–H groups in total. The highest BCUT2D eigenvalue weighted by atomic mass is 15.1. The van der Waals surface area contributed by atoms with Crippen LogP contribution in [0.4, 0.5) is 0 Å². The molecule has 0 saturated heterocycles. The van der Waals surface area contributed by atoms with Crippen LogP contribution in [0.25, 0.3) is 0 Å². The minimum Gasteiger partial charge on any atom is -0.300 e. The highest BCUT2D eigenvalue weighted by Gasteiger charge is 2.22. The van der Waals surface area contributed by atoms with Crippen LogP contribution in [-0.4, -0.2) is 24.0 Å². The maximum atomic E-state index is 2.74. The molecule has 1 heteroatoms. The molecule has 1 aromatic rings. The summed E-state index contributed by atoms with van der Waals surface area (Å²) in [7, 11) is 0. The summed E-state index contributed by atoms with van der Waals surface area (Å²) in [4.78, 5) is 2.74. The molecule has 2 rings (SSSR count). The first-order chi connectivity index (χ1) is 9.85. The van der Waals surface area contributed by atoms with Gasteiger partial charge in [-0.05, 0) is 56.3 Å². The van der Waals surface area contributed by atoms with Crippen molar-refractivity contribution in [3.05, 3.63) is 35.4 Å². The van der Waals surface area contributed by atoms with Crippen molar-refractivity contribution in [1.82, 2.24) is 4.90 Å². The van der Waals surface area contributed by atoms with E-state index in [1.807, 2.05) is 13.8 Å². The SMILES string of the molecule is CC.CCCCN(CCC)C1CCc2ccccc2C1. The fourth-order valence-corrected chi connectivity index (χ4v) is 3.12. The molecule has 1 aromatic carbocycles. The van der Waals surface area contributed by atoms with Crippen LogP contribution in [0.5, 0.6) is 0 Å². The Bertz CT molecular complexity index is 359. The monoisotopic (exact) mass is 275 g/mol. The summed E-state index contributed by atoms with van der Waals surface area (Å²) in [5.74, 6) is 0. The molecule has 0 radical (unpaired) electrons. The van der Waals surface area contributed by atoms with Gasteiger partial charge < -0.3 is 4.90 Å². The number of unbranched alkanes of at least 4 members (excludes halogenated alkanes) is 1. The van der Waals surface area contributed by atoms with Gasteiger partial charge in [0.15, 0.2) is 0 Å². The van der Waals surface area contributed by atoms with Crippen LogP contribution >= 0.6 is 0 Å². The zero-order valence-electron chi connectivity index (χ0n) is 14.0. The van der Waals surface area contributed by atoms with Crippen molar-refractivity contribution >= 4 is 0 Å². The Morgan fingerprint density at radius 3 is 2.35 bits per heavy atom. The first-order valence-corrected chi connectivity index (χ1v) is 8.66. The van der Waals surface area contributed by atoms with E-state index in [0.717, 1.165) is 6.04 Å². The molecule has 0 heterocycles. The largest absolute Gasteiger partial charge is 0.300 e. The molecule has 0 saturated carbocycles. The number of aryl methyl sites for hydroxylation is 1. The minimum absolute atomic E-state index is 0.784. The van der Waals surface area contributed by atoms with Crippen molar-refractivity contribution in [1.29, 1.82) is 0 Å². The van der Waals surface area contributed by atoms with Gasteiger partial charge in [0.05, 0.1) is 0 Å². The van der Waals surface area contributed by atoms with E-state index in [1.54, 1.807) is 11.1 Å². The normalized spacial score (nSPS) is 17.4. The van der Waals surface area contributed by atoms with Gasteiger partial charge in [0, 0.05) is 6.04 Å². The molecule has 0 amide bonds. The van der Waals surface area contributed by atoms with Gasteiger partial charge in [-0.2, -0.15) is 0 Å². The average Bonchev–Trinajstić information content (AvgIpc) is 2.53. The summed E-state index contributed by atoms with van der Waals surface area (Å²) in [6, 6.07) is 9.79. The maximum Gasteiger partial charge on any atom is 0.0139 e. The molecular formula is C19H33N. The molecule has 1 aliphatic rings. The summed E-state index contributed by atoms with van der Waals surface area (Å²) < 4.78 is 0. The lowest BCUT2D eigenvalue weighted by Gasteiger charge is -2.35. The van der Waals surface area contributed by atoms with Gasteiger partial charge in [0.25, 0.3) is 0 Å². The highest BCUT2D eigenvalue weighted by Crippen LogP contribution is 2.24. The van der Waals surface area contributed by atoms with Crippen LogP contribution in [-0.2, 0) is 12.8 Å². The van der Waals surface area contributed by atoms with Gasteiger partial charge in [-0.1, -0.05) is 58.4 Å². The molecule has 1 nitrogen and oxygen atoms in total. The fourth-order valence-electron chi connectivity index (χ4n) is 3.12. The predicted octanol–water partition coefficient (Wildman–Crippen LogP) is 5.08. The van der Waals surface area contributed by atoms with Gasteiger partial charge in [0.1, 0.15) is 0 Å². The van der Waals surface area contributed by atoms with E-state index in [0.29, 0.717) is 0 Å². The number of fused-ring (bicyclic) bond motifs is 1. The summed E-state index contributed by atoms with van der Waals surface area (Å²) >= 11 is 0. The van der Waals surface area contributed by atoms with Crippen molar-refractivity contribution in [3.8, 4) is 0 Å². The number of hydrogen-bond donors (Lipinski definition) is 0. The number of hydrogen-bond acceptors (Lipinski definition) is 1. The van der Waals surface area contributed by atoms with Crippen LogP contribution in [0.2, 0.25) is 0 Å². The van der Waals surface area contributed by atoms with Gasteiger partial charge in [-0.3, -0.25) is 0 Å². The van der Waals surface area contributed by atoms with Gasteiger partial charge in [0.2, 0.25) is 0 Å². The van der Waals surface area contributed by atoms with E-state index < -0.39 is 0 Å². The first kappa shape index (κ1) is 17.2. The standard InChI is InChI=1S/C17H27N.C2H6/c1-3-5-13-18(12-4-2)17-11-10-15-8-6-7-9-16(15)14-17;1-2/h6-9,17H,3-5,10-14H2,1-2H3;1-2H3. The number of rotatable bonds is 6. The third kappa shape index (κ3) is 4.94. The Morgan fingerprint density at radius 1 is 1.00 bits per heavy atom. The summed E-state index contributed by atoms with van der Waals surface area (Å²) in [5, 5.41) is 0. The molecule has 114 valence electrons. The van der Waals surface area contributed by atoms with Crippen LogP contribution in [0.3, 0.4) is 0 Å².